The molecule has 1 atom stereocenters. The van der Waals surface area contributed by atoms with Crippen molar-refractivity contribution in [1.82, 2.24) is 10.2 Å². The van der Waals surface area contributed by atoms with E-state index in [1.165, 1.54) is 0 Å². The van der Waals surface area contributed by atoms with E-state index in [1.807, 2.05) is 36.2 Å². The van der Waals surface area contributed by atoms with Gasteiger partial charge in [-0.1, -0.05) is 12.1 Å². The second-order valence-electron chi connectivity index (χ2n) is 5.42. The summed E-state index contributed by atoms with van der Waals surface area (Å²) < 4.78 is 5.16. The zero-order valence-electron chi connectivity index (χ0n) is 13.0. The van der Waals surface area contributed by atoms with E-state index >= 15 is 0 Å². The predicted octanol–water partition coefficient (Wildman–Crippen LogP) is 2.64. The number of nitrogens with zero attached hydrogens (tertiary/aromatic N) is 1. The van der Waals surface area contributed by atoms with Gasteiger partial charge in [-0.15, -0.1) is 12.4 Å². The van der Waals surface area contributed by atoms with Gasteiger partial charge in [0.05, 0.1) is 13.2 Å². The van der Waals surface area contributed by atoms with Crippen molar-refractivity contribution in [3.05, 3.63) is 29.8 Å². The van der Waals surface area contributed by atoms with E-state index in [2.05, 4.69) is 12.2 Å². The number of ether oxygens (including phenoxy) is 1. The fraction of sp³-hybridized carbons (Fsp3) is 0.562. The highest BCUT2D eigenvalue weighted by Crippen LogP contribution is 2.24. The van der Waals surface area contributed by atoms with Crippen LogP contribution in [0, 0.1) is 5.92 Å². The first-order valence-electron chi connectivity index (χ1n) is 7.25. The van der Waals surface area contributed by atoms with Gasteiger partial charge in [-0.05, 0) is 50.6 Å². The third kappa shape index (κ3) is 4.35. The van der Waals surface area contributed by atoms with Gasteiger partial charge >= 0.3 is 0 Å². The number of methoxy groups -OCH3 is 1. The van der Waals surface area contributed by atoms with Crippen molar-refractivity contribution in [2.24, 2.45) is 5.92 Å². The largest absolute Gasteiger partial charge is 0.497 e. The first-order valence-corrected chi connectivity index (χ1v) is 7.25. The van der Waals surface area contributed by atoms with E-state index in [0.717, 1.165) is 37.2 Å². The molecule has 1 saturated heterocycles. The van der Waals surface area contributed by atoms with Crippen molar-refractivity contribution in [2.75, 3.05) is 27.2 Å². The molecular formula is C16H25ClN2O2. The average molecular weight is 313 g/mol. The number of benzene rings is 1. The molecule has 1 fully saturated rings. The molecule has 0 saturated carbocycles. The lowest BCUT2D eigenvalue weighted by molar-refractivity contribution is -0.137. The lowest BCUT2D eigenvalue weighted by Gasteiger charge is -2.31. The van der Waals surface area contributed by atoms with Crippen LogP contribution < -0.4 is 10.1 Å². The Morgan fingerprint density at radius 2 is 1.86 bits per heavy atom. The quantitative estimate of drug-likeness (QED) is 0.929. The normalized spacial score (nSPS) is 16.7. The fourth-order valence-electron chi connectivity index (χ4n) is 2.65. The van der Waals surface area contributed by atoms with E-state index in [-0.39, 0.29) is 30.3 Å². The molecule has 1 aromatic rings. The molecule has 0 spiro atoms. The molecule has 1 unspecified atom stereocenters. The highest BCUT2D eigenvalue weighted by atomic mass is 35.5. The van der Waals surface area contributed by atoms with Crippen LogP contribution in [0.2, 0.25) is 0 Å². The zero-order chi connectivity index (χ0) is 14.5. The standard InChI is InChI=1S/C16H24N2O2.ClH/c1-12(13-4-6-15(20-3)7-5-13)18(2)16(19)14-8-10-17-11-9-14;/h4-7,12,14,17H,8-11H2,1-3H3;1H. The summed E-state index contributed by atoms with van der Waals surface area (Å²) in [5.41, 5.74) is 1.13. The number of nitrogens with one attached hydrogen (secondary N) is 1. The summed E-state index contributed by atoms with van der Waals surface area (Å²) in [5.74, 6) is 1.27. The van der Waals surface area contributed by atoms with Gasteiger partial charge in [0, 0.05) is 13.0 Å². The number of carbonyl (C=O) groups excluding carboxylic acids is 1. The van der Waals surface area contributed by atoms with Crippen molar-refractivity contribution in [3.8, 4) is 5.75 Å². The molecule has 1 amide bonds. The zero-order valence-corrected chi connectivity index (χ0v) is 13.8. The van der Waals surface area contributed by atoms with Gasteiger partial charge < -0.3 is 15.0 Å². The van der Waals surface area contributed by atoms with Crippen LogP contribution in [0.15, 0.2) is 24.3 Å². The topological polar surface area (TPSA) is 41.6 Å². The minimum Gasteiger partial charge on any atom is -0.497 e. The average Bonchev–Trinajstić information content (AvgIpc) is 2.53. The Morgan fingerprint density at radius 1 is 1.29 bits per heavy atom. The molecule has 2 rings (SSSR count). The van der Waals surface area contributed by atoms with Gasteiger partial charge in [0.25, 0.3) is 0 Å². The number of hydrogen-bond donors (Lipinski definition) is 1. The Labute approximate surface area is 133 Å². The monoisotopic (exact) mass is 312 g/mol. The van der Waals surface area contributed by atoms with Crippen molar-refractivity contribution in [3.63, 3.8) is 0 Å². The molecule has 1 N–H and O–H groups in total. The highest BCUT2D eigenvalue weighted by molar-refractivity contribution is 5.85. The van der Waals surface area contributed by atoms with Gasteiger partial charge in [-0.2, -0.15) is 0 Å². The Bertz CT molecular complexity index is 444. The van der Waals surface area contributed by atoms with Crippen LogP contribution in [0.3, 0.4) is 0 Å². The summed E-state index contributed by atoms with van der Waals surface area (Å²) in [6.45, 7) is 3.96. The van der Waals surface area contributed by atoms with Crippen LogP contribution in [-0.4, -0.2) is 38.1 Å². The predicted molar refractivity (Wildman–Crippen MR) is 87.0 cm³/mol. The van der Waals surface area contributed by atoms with Gasteiger partial charge in [0.15, 0.2) is 0 Å². The van der Waals surface area contributed by atoms with Gasteiger partial charge in [0.2, 0.25) is 5.91 Å². The maximum atomic E-state index is 12.5. The van der Waals surface area contributed by atoms with Crippen LogP contribution in [0.1, 0.15) is 31.4 Å². The van der Waals surface area contributed by atoms with Crippen LogP contribution in [0.4, 0.5) is 0 Å². The Morgan fingerprint density at radius 3 is 2.38 bits per heavy atom. The summed E-state index contributed by atoms with van der Waals surface area (Å²) >= 11 is 0. The molecule has 0 bridgehead atoms. The number of rotatable bonds is 4. The third-order valence-corrected chi connectivity index (χ3v) is 4.22. The number of halogens is 1. The van der Waals surface area contributed by atoms with Gasteiger partial charge in [0.1, 0.15) is 5.75 Å². The second kappa shape index (κ2) is 8.25. The molecule has 21 heavy (non-hydrogen) atoms. The van der Waals surface area contributed by atoms with Crippen molar-refractivity contribution in [1.29, 1.82) is 0 Å². The minimum atomic E-state index is 0. The van der Waals surface area contributed by atoms with Gasteiger partial charge in [-0.3, -0.25) is 4.79 Å². The molecule has 1 aromatic carbocycles. The number of amides is 1. The summed E-state index contributed by atoms with van der Waals surface area (Å²) in [6, 6.07) is 8.01. The van der Waals surface area contributed by atoms with Crippen molar-refractivity contribution >= 4 is 18.3 Å². The van der Waals surface area contributed by atoms with E-state index in [4.69, 9.17) is 4.74 Å². The van der Waals surface area contributed by atoms with Crippen LogP contribution in [-0.2, 0) is 4.79 Å². The Balaban J connectivity index is 0.00000220. The van der Waals surface area contributed by atoms with E-state index in [9.17, 15) is 4.79 Å². The Kier molecular flexibility index (Phi) is 6.99. The minimum absolute atomic E-state index is 0. The smallest absolute Gasteiger partial charge is 0.226 e. The first-order chi connectivity index (χ1) is 9.63. The molecule has 1 aliphatic heterocycles. The number of carbonyl (C=O) groups is 1. The first kappa shape index (κ1) is 17.8. The maximum Gasteiger partial charge on any atom is 0.226 e. The van der Waals surface area contributed by atoms with Gasteiger partial charge in [-0.25, -0.2) is 0 Å². The van der Waals surface area contributed by atoms with Crippen molar-refractivity contribution in [2.45, 2.75) is 25.8 Å². The molecule has 0 aliphatic carbocycles. The third-order valence-electron chi connectivity index (χ3n) is 4.22. The highest BCUT2D eigenvalue weighted by Gasteiger charge is 2.26. The maximum absolute atomic E-state index is 12.5. The van der Waals surface area contributed by atoms with E-state index in [0.29, 0.717) is 0 Å². The molecule has 1 aliphatic rings. The lowest BCUT2D eigenvalue weighted by Crippen LogP contribution is -2.40. The van der Waals surface area contributed by atoms with Crippen LogP contribution >= 0.6 is 12.4 Å². The Hall–Kier alpha value is -1.26. The fourth-order valence-corrected chi connectivity index (χ4v) is 2.65. The van der Waals surface area contributed by atoms with E-state index in [1.54, 1.807) is 7.11 Å². The summed E-state index contributed by atoms with van der Waals surface area (Å²) in [5, 5.41) is 3.30. The molecule has 118 valence electrons. The lowest BCUT2D eigenvalue weighted by atomic mass is 9.95. The second-order valence-corrected chi connectivity index (χ2v) is 5.42. The molecule has 0 radical (unpaired) electrons. The molecule has 0 aromatic heterocycles. The molecule has 5 heteroatoms. The molecule has 1 heterocycles. The summed E-state index contributed by atoms with van der Waals surface area (Å²) in [6.07, 6.45) is 1.89. The van der Waals surface area contributed by atoms with Crippen LogP contribution in [0.5, 0.6) is 5.75 Å². The number of piperidine rings is 1. The molecule has 4 nitrogen and oxygen atoms in total. The van der Waals surface area contributed by atoms with E-state index < -0.39 is 0 Å². The SMILES string of the molecule is COc1ccc(C(C)N(C)C(=O)C2CCNCC2)cc1.Cl. The summed E-state index contributed by atoms with van der Waals surface area (Å²) in [4.78, 5) is 14.4. The molecular weight excluding hydrogens is 288 g/mol. The summed E-state index contributed by atoms with van der Waals surface area (Å²) in [7, 11) is 3.56. The van der Waals surface area contributed by atoms with Crippen LogP contribution in [0.25, 0.3) is 0 Å². The number of hydrogen-bond acceptors (Lipinski definition) is 3. The van der Waals surface area contributed by atoms with Crippen molar-refractivity contribution < 1.29 is 9.53 Å².